The molecule has 1 N–H and O–H groups in total. The molecule has 0 radical (unpaired) electrons. The molecule has 1 heterocycles. The quantitative estimate of drug-likeness (QED) is 0.783. The van der Waals surface area contributed by atoms with E-state index in [0.29, 0.717) is 11.6 Å². The lowest BCUT2D eigenvalue weighted by atomic mass is 10.1. The van der Waals surface area contributed by atoms with E-state index < -0.39 is 0 Å². The Kier molecular flexibility index (Phi) is 6.34. The second-order valence-electron chi connectivity index (χ2n) is 6.33. The average Bonchev–Trinajstić information content (AvgIpc) is 3.00. The van der Waals surface area contributed by atoms with Crippen molar-refractivity contribution in [1.29, 1.82) is 0 Å². The Labute approximate surface area is 159 Å². The third-order valence-corrected chi connectivity index (χ3v) is 5.42. The van der Waals surface area contributed by atoms with Gasteiger partial charge < -0.3 is 10.1 Å². The lowest BCUT2D eigenvalue weighted by Gasteiger charge is -2.06. The van der Waals surface area contributed by atoms with Gasteiger partial charge in [0.05, 0.1) is 18.0 Å². The van der Waals surface area contributed by atoms with Gasteiger partial charge in [-0.1, -0.05) is 49.4 Å². The third kappa shape index (κ3) is 4.88. The van der Waals surface area contributed by atoms with Crippen molar-refractivity contribution in [3.63, 3.8) is 0 Å². The number of aliphatic imine (C=N–C) groups is 1. The zero-order valence-corrected chi connectivity index (χ0v) is 16.0. The Morgan fingerprint density at radius 3 is 2.42 bits per heavy atom. The summed E-state index contributed by atoms with van der Waals surface area (Å²) in [6.45, 7) is 2.20. The topological polar surface area (TPSA) is 50.7 Å². The smallest absolute Gasteiger partial charge is 0.239 e. The van der Waals surface area contributed by atoms with Gasteiger partial charge in [-0.3, -0.25) is 4.79 Å². The van der Waals surface area contributed by atoms with E-state index in [9.17, 15) is 4.79 Å². The number of benzene rings is 2. The predicted molar refractivity (Wildman–Crippen MR) is 108 cm³/mol. The number of hydrogen-bond acceptors (Lipinski definition) is 4. The fourth-order valence-electron chi connectivity index (χ4n) is 2.80. The number of thioether (sulfide) groups is 1. The van der Waals surface area contributed by atoms with E-state index in [4.69, 9.17) is 4.74 Å². The van der Waals surface area contributed by atoms with E-state index in [1.807, 2.05) is 36.4 Å². The molecule has 2 aromatic rings. The largest absolute Gasteiger partial charge is 0.497 e. The molecule has 26 heavy (non-hydrogen) atoms. The number of amidine groups is 1. The van der Waals surface area contributed by atoms with Crippen molar-refractivity contribution >= 4 is 28.5 Å². The van der Waals surface area contributed by atoms with Crippen molar-refractivity contribution in [2.24, 2.45) is 4.99 Å². The second kappa shape index (κ2) is 8.90. The molecule has 3 rings (SSSR count). The number of unbranched alkanes of at least 4 members (excludes halogenated alkanes) is 1. The van der Waals surface area contributed by atoms with Crippen molar-refractivity contribution < 1.29 is 9.53 Å². The van der Waals surface area contributed by atoms with Gasteiger partial charge in [-0.15, -0.1) is 0 Å². The number of carbonyl (C=O) groups is 1. The summed E-state index contributed by atoms with van der Waals surface area (Å²) in [5, 5.41) is 3.42. The number of rotatable bonds is 7. The molecular formula is C21H24N2O2S. The fourth-order valence-corrected chi connectivity index (χ4v) is 3.83. The standard InChI is InChI=1S/C21H24N2O2S/c1-3-4-5-15-6-10-17(11-7-15)22-21-23-20(24)19(26-21)14-16-8-12-18(25-2)13-9-16/h6-13,19H,3-5,14H2,1-2H3,(H,22,23,24). The highest BCUT2D eigenvalue weighted by Crippen LogP contribution is 2.26. The summed E-state index contributed by atoms with van der Waals surface area (Å²) in [5.41, 5.74) is 3.31. The Bertz CT molecular complexity index is 770. The van der Waals surface area contributed by atoms with Crippen LogP contribution in [0.15, 0.2) is 53.5 Å². The summed E-state index contributed by atoms with van der Waals surface area (Å²) in [5.74, 6) is 0.839. The van der Waals surface area contributed by atoms with Crippen LogP contribution in [0.1, 0.15) is 30.9 Å². The number of hydrogen-bond donors (Lipinski definition) is 1. The molecule has 0 spiro atoms. The van der Waals surface area contributed by atoms with Gasteiger partial charge in [0.1, 0.15) is 5.75 Å². The summed E-state index contributed by atoms with van der Waals surface area (Å²) in [7, 11) is 1.65. The van der Waals surface area contributed by atoms with E-state index >= 15 is 0 Å². The van der Waals surface area contributed by atoms with Crippen LogP contribution < -0.4 is 10.1 Å². The van der Waals surface area contributed by atoms with Gasteiger partial charge in [0.2, 0.25) is 5.91 Å². The molecule has 1 amide bonds. The highest BCUT2D eigenvalue weighted by molar-refractivity contribution is 8.15. The number of amides is 1. The summed E-state index contributed by atoms with van der Waals surface area (Å²) in [6, 6.07) is 16.1. The van der Waals surface area contributed by atoms with Crippen molar-refractivity contribution in [2.45, 2.75) is 37.9 Å². The van der Waals surface area contributed by atoms with Crippen LogP contribution in [-0.4, -0.2) is 23.4 Å². The van der Waals surface area contributed by atoms with Gasteiger partial charge in [-0.2, -0.15) is 0 Å². The van der Waals surface area contributed by atoms with Crippen molar-refractivity contribution in [1.82, 2.24) is 5.32 Å². The molecule has 0 bridgehead atoms. The molecular weight excluding hydrogens is 344 g/mol. The first kappa shape index (κ1) is 18.5. The molecule has 0 aromatic heterocycles. The first-order chi connectivity index (χ1) is 12.7. The lowest BCUT2D eigenvalue weighted by Crippen LogP contribution is -2.25. The van der Waals surface area contributed by atoms with Crippen LogP contribution in [0.3, 0.4) is 0 Å². The lowest BCUT2D eigenvalue weighted by molar-refractivity contribution is -0.118. The first-order valence-electron chi connectivity index (χ1n) is 8.96. The molecule has 136 valence electrons. The molecule has 5 heteroatoms. The summed E-state index contributed by atoms with van der Waals surface area (Å²) in [6.07, 6.45) is 4.17. The number of nitrogens with zero attached hydrogens (tertiary/aromatic N) is 1. The number of ether oxygens (including phenoxy) is 1. The van der Waals surface area contributed by atoms with Gasteiger partial charge in [0.15, 0.2) is 5.17 Å². The van der Waals surface area contributed by atoms with E-state index in [-0.39, 0.29) is 11.2 Å². The molecule has 0 aliphatic carbocycles. The zero-order valence-electron chi connectivity index (χ0n) is 15.2. The molecule has 4 nitrogen and oxygen atoms in total. The number of nitrogens with one attached hydrogen (secondary N) is 1. The summed E-state index contributed by atoms with van der Waals surface area (Å²) >= 11 is 1.49. The maximum atomic E-state index is 12.2. The van der Waals surface area contributed by atoms with E-state index in [1.54, 1.807) is 7.11 Å². The van der Waals surface area contributed by atoms with Crippen LogP contribution in [0.25, 0.3) is 0 Å². The molecule has 1 aliphatic rings. The number of carbonyl (C=O) groups excluding carboxylic acids is 1. The zero-order chi connectivity index (χ0) is 18.4. The van der Waals surface area contributed by atoms with Crippen LogP contribution >= 0.6 is 11.8 Å². The Hall–Kier alpha value is -2.27. The van der Waals surface area contributed by atoms with Crippen molar-refractivity contribution in [2.75, 3.05) is 7.11 Å². The van der Waals surface area contributed by atoms with Crippen LogP contribution in [-0.2, 0) is 17.6 Å². The Morgan fingerprint density at radius 2 is 1.77 bits per heavy atom. The van der Waals surface area contributed by atoms with Crippen molar-refractivity contribution in [3.8, 4) is 5.75 Å². The van der Waals surface area contributed by atoms with Gasteiger partial charge >= 0.3 is 0 Å². The Balaban J connectivity index is 1.61. The molecule has 1 unspecified atom stereocenters. The maximum absolute atomic E-state index is 12.2. The molecule has 1 saturated heterocycles. The normalized spacial score (nSPS) is 18.2. The van der Waals surface area contributed by atoms with Crippen LogP contribution in [0.2, 0.25) is 0 Å². The molecule has 1 fully saturated rings. The van der Waals surface area contributed by atoms with E-state index in [0.717, 1.165) is 23.4 Å². The Morgan fingerprint density at radius 1 is 1.08 bits per heavy atom. The first-order valence-corrected chi connectivity index (χ1v) is 9.84. The minimum Gasteiger partial charge on any atom is -0.497 e. The molecule has 0 saturated carbocycles. The number of methoxy groups -OCH3 is 1. The van der Waals surface area contributed by atoms with Crippen LogP contribution in [0.4, 0.5) is 5.69 Å². The van der Waals surface area contributed by atoms with E-state index in [1.165, 1.54) is 30.2 Å². The monoisotopic (exact) mass is 368 g/mol. The third-order valence-electron chi connectivity index (χ3n) is 4.34. The average molecular weight is 369 g/mol. The fraction of sp³-hybridized carbons (Fsp3) is 0.333. The molecule has 1 aliphatic heterocycles. The van der Waals surface area contributed by atoms with E-state index in [2.05, 4.69) is 29.4 Å². The van der Waals surface area contributed by atoms with Gasteiger partial charge in [0.25, 0.3) is 0 Å². The van der Waals surface area contributed by atoms with Crippen LogP contribution in [0.5, 0.6) is 5.75 Å². The SMILES string of the molecule is CCCCc1ccc(N=C2NC(=O)C(Cc3ccc(OC)cc3)S2)cc1. The van der Waals surface area contributed by atoms with Gasteiger partial charge in [0, 0.05) is 0 Å². The number of aryl methyl sites for hydroxylation is 1. The van der Waals surface area contributed by atoms with Crippen molar-refractivity contribution in [3.05, 3.63) is 59.7 Å². The predicted octanol–water partition coefficient (Wildman–Crippen LogP) is 4.50. The minimum atomic E-state index is -0.147. The molecule has 1 atom stereocenters. The molecule has 2 aromatic carbocycles. The second-order valence-corrected chi connectivity index (χ2v) is 7.53. The van der Waals surface area contributed by atoms with Gasteiger partial charge in [-0.25, -0.2) is 4.99 Å². The van der Waals surface area contributed by atoms with Crippen LogP contribution in [0, 0.1) is 0 Å². The maximum Gasteiger partial charge on any atom is 0.239 e. The van der Waals surface area contributed by atoms with Gasteiger partial charge in [-0.05, 0) is 54.7 Å². The highest BCUT2D eigenvalue weighted by Gasteiger charge is 2.30. The highest BCUT2D eigenvalue weighted by atomic mass is 32.2. The summed E-state index contributed by atoms with van der Waals surface area (Å²) in [4.78, 5) is 16.8. The summed E-state index contributed by atoms with van der Waals surface area (Å²) < 4.78 is 5.17. The minimum absolute atomic E-state index is 0.0177.